The van der Waals surface area contributed by atoms with Crippen molar-refractivity contribution < 1.29 is 18.0 Å². The number of hydrogen-bond acceptors (Lipinski definition) is 4. The number of hydrogen-bond donors (Lipinski definition) is 2. The van der Waals surface area contributed by atoms with Gasteiger partial charge in [-0.2, -0.15) is 4.31 Å². The monoisotopic (exact) mass is 381 g/mol. The van der Waals surface area contributed by atoms with E-state index in [1.54, 1.807) is 31.2 Å². The van der Waals surface area contributed by atoms with Crippen LogP contribution in [0.25, 0.3) is 0 Å². The van der Waals surface area contributed by atoms with Crippen molar-refractivity contribution in [2.45, 2.75) is 52.0 Å². The first-order valence-electron chi connectivity index (χ1n) is 9.07. The normalized spacial score (nSPS) is 18.3. The van der Waals surface area contributed by atoms with Crippen molar-refractivity contribution in [3.63, 3.8) is 0 Å². The molecule has 0 radical (unpaired) electrons. The maximum Gasteiger partial charge on any atom is 0.242 e. The predicted octanol–water partition coefficient (Wildman–Crippen LogP) is 2.57. The minimum absolute atomic E-state index is 0.0581. The number of piperidine rings is 1. The van der Waals surface area contributed by atoms with Crippen molar-refractivity contribution in [1.82, 2.24) is 4.31 Å². The van der Waals surface area contributed by atoms with Crippen molar-refractivity contribution in [2.24, 2.45) is 0 Å². The molecule has 1 aliphatic rings. The molecule has 1 aromatic rings. The van der Waals surface area contributed by atoms with Gasteiger partial charge in [0.05, 0.1) is 5.75 Å². The van der Waals surface area contributed by atoms with Gasteiger partial charge in [-0.15, -0.1) is 0 Å². The SMILES string of the molecule is CCCS(=O)(=O)N1CCCCC1C(=O)Nc1ccc(NC(=O)CC)cc1. The topological polar surface area (TPSA) is 95.6 Å². The molecular weight excluding hydrogens is 354 g/mol. The molecule has 0 aromatic heterocycles. The first kappa shape index (κ1) is 20.4. The number of rotatable bonds is 7. The second kappa shape index (κ2) is 9.14. The second-order valence-electron chi connectivity index (χ2n) is 6.41. The molecule has 1 aliphatic heterocycles. The molecule has 144 valence electrons. The summed E-state index contributed by atoms with van der Waals surface area (Å²) < 4.78 is 26.2. The summed E-state index contributed by atoms with van der Waals surface area (Å²) in [7, 11) is -3.42. The Kier molecular flexibility index (Phi) is 7.16. The van der Waals surface area contributed by atoms with Gasteiger partial charge in [-0.1, -0.05) is 20.3 Å². The van der Waals surface area contributed by atoms with Crippen molar-refractivity contribution >= 4 is 33.2 Å². The Morgan fingerprint density at radius 1 is 1.08 bits per heavy atom. The molecule has 2 rings (SSSR count). The number of sulfonamides is 1. The van der Waals surface area contributed by atoms with Gasteiger partial charge in [0.1, 0.15) is 6.04 Å². The maximum atomic E-state index is 12.7. The molecule has 0 saturated carbocycles. The van der Waals surface area contributed by atoms with E-state index >= 15 is 0 Å². The number of amides is 2. The summed E-state index contributed by atoms with van der Waals surface area (Å²) in [5.74, 6) is -0.335. The highest BCUT2D eigenvalue weighted by Crippen LogP contribution is 2.23. The van der Waals surface area contributed by atoms with Crippen LogP contribution in [0.3, 0.4) is 0 Å². The molecule has 8 heteroatoms. The van der Waals surface area contributed by atoms with Crippen LogP contribution in [0.15, 0.2) is 24.3 Å². The van der Waals surface area contributed by atoms with Crippen LogP contribution in [0.1, 0.15) is 46.0 Å². The molecule has 0 aliphatic carbocycles. The summed E-state index contributed by atoms with van der Waals surface area (Å²) in [6, 6.07) is 6.12. The molecule has 1 fully saturated rings. The average molecular weight is 381 g/mol. The van der Waals surface area contributed by atoms with Gasteiger partial charge < -0.3 is 10.6 Å². The van der Waals surface area contributed by atoms with Gasteiger partial charge in [0.2, 0.25) is 21.8 Å². The number of nitrogens with one attached hydrogen (secondary N) is 2. The number of carbonyl (C=O) groups excluding carboxylic acids is 2. The highest BCUT2D eigenvalue weighted by atomic mass is 32.2. The largest absolute Gasteiger partial charge is 0.326 e. The molecule has 1 heterocycles. The van der Waals surface area contributed by atoms with Crippen LogP contribution in [0, 0.1) is 0 Å². The standard InChI is InChI=1S/C18H27N3O4S/c1-3-13-26(24,25)21-12-6-5-7-16(21)18(23)20-15-10-8-14(9-11-15)19-17(22)4-2/h8-11,16H,3-7,12-13H2,1-2H3,(H,19,22)(H,20,23). The van der Waals surface area contributed by atoms with Crippen molar-refractivity contribution in [3.05, 3.63) is 24.3 Å². The van der Waals surface area contributed by atoms with E-state index in [0.29, 0.717) is 37.2 Å². The smallest absolute Gasteiger partial charge is 0.242 e. The summed E-state index contributed by atoms with van der Waals surface area (Å²) >= 11 is 0. The van der Waals surface area contributed by atoms with E-state index in [4.69, 9.17) is 0 Å². The van der Waals surface area contributed by atoms with E-state index in [-0.39, 0.29) is 17.6 Å². The van der Waals surface area contributed by atoms with Gasteiger partial charge in [-0.05, 0) is 43.5 Å². The molecule has 2 N–H and O–H groups in total. The lowest BCUT2D eigenvalue weighted by Crippen LogP contribution is -2.50. The molecule has 26 heavy (non-hydrogen) atoms. The third-order valence-corrected chi connectivity index (χ3v) is 6.41. The summed E-state index contributed by atoms with van der Waals surface area (Å²) in [6.45, 7) is 3.98. The lowest BCUT2D eigenvalue weighted by atomic mass is 10.0. The lowest BCUT2D eigenvalue weighted by Gasteiger charge is -2.33. The Morgan fingerprint density at radius 2 is 1.69 bits per heavy atom. The Morgan fingerprint density at radius 3 is 2.27 bits per heavy atom. The average Bonchev–Trinajstić information content (AvgIpc) is 2.63. The molecule has 1 saturated heterocycles. The fourth-order valence-corrected chi connectivity index (χ4v) is 4.73. The first-order chi connectivity index (χ1) is 12.4. The fourth-order valence-electron chi connectivity index (χ4n) is 2.99. The summed E-state index contributed by atoms with van der Waals surface area (Å²) in [4.78, 5) is 24.0. The number of carbonyl (C=O) groups is 2. The lowest BCUT2D eigenvalue weighted by molar-refractivity contribution is -0.120. The molecule has 0 bridgehead atoms. The Balaban J connectivity index is 2.06. The maximum absolute atomic E-state index is 12.7. The highest BCUT2D eigenvalue weighted by molar-refractivity contribution is 7.89. The Labute approximate surface area is 155 Å². The highest BCUT2D eigenvalue weighted by Gasteiger charge is 2.36. The zero-order valence-electron chi connectivity index (χ0n) is 15.3. The van der Waals surface area contributed by atoms with Crippen LogP contribution in [-0.2, 0) is 19.6 Å². The third kappa shape index (κ3) is 5.28. The number of anilines is 2. The Bertz CT molecular complexity index is 731. The third-order valence-electron chi connectivity index (χ3n) is 4.33. The Hall–Kier alpha value is -1.93. The van der Waals surface area contributed by atoms with Crippen molar-refractivity contribution in [3.8, 4) is 0 Å². The molecule has 2 amide bonds. The van der Waals surface area contributed by atoms with Gasteiger partial charge in [0.15, 0.2) is 0 Å². The van der Waals surface area contributed by atoms with Gasteiger partial charge in [0.25, 0.3) is 0 Å². The van der Waals surface area contributed by atoms with Crippen LogP contribution in [0.2, 0.25) is 0 Å². The number of benzene rings is 1. The molecule has 1 aromatic carbocycles. The van der Waals surface area contributed by atoms with E-state index in [1.165, 1.54) is 4.31 Å². The first-order valence-corrected chi connectivity index (χ1v) is 10.7. The van der Waals surface area contributed by atoms with Crippen LogP contribution < -0.4 is 10.6 Å². The molecule has 7 nitrogen and oxygen atoms in total. The summed E-state index contributed by atoms with van der Waals surface area (Å²) in [5.41, 5.74) is 1.22. The van der Waals surface area contributed by atoms with Crippen molar-refractivity contribution in [2.75, 3.05) is 22.9 Å². The predicted molar refractivity (Wildman–Crippen MR) is 102 cm³/mol. The second-order valence-corrected chi connectivity index (χ2v) is 8.45. The quantitative estimate of drug-likeness (QED) is 0.759. The van der Waals surface area contributed by atoms with Crippen LogP contribution in [0.4, 0.5) is 11.4 Å². The minimum Gasteiger partial charge on any atom is -0.326 e. The molecule has 1 atom stereocenters. The number of nitrogens with zero attached hydrogens (tertiary/aromatic N) is 1. The summed E-state index contributed by atoms with van der Waals surface area (Å²) in [5, 5.41) is 5.53. The molecule has 1 unspecified atom stereocenters. The van der Waals surface area contributed by atoms with Gasteiger partial charge in [0, 0.05) is 24.3 Å². The van der Waals surface area contributed by atoms with E-state index < -0.39 is 16.1 Å². The van der Waals surface area contributed by atoms with Crippen LogP contribution >= 0.6 is 0 Å². The van der Waals surface area contributed by atoms with E-state index in [0.717, 1.165) is 12.8 Å². The van der Waals surface area contributed by atoms with Crippen LogP contribution in [-0.4, -0.2) is 42.9 Å². The fraction of sp³-hybridized carbons (Fsp3) is 0.556. The van der Waals surface area contributed by atoms with Gasteiger partial charge >= 0.3 is 0 Å². The van der Waals surface area contributed by atoms with E-state index in [1.807, 2.05) is 6.92 Å². The zero-order chi connectivity index (χ0) is 19.2. The summed E-state index contributed by atoms with van der Waals surface area (Å²) in [6.07, 6.45) is 3.05. The zero-order valence-corrected chi connectivity index (χ0v) is 16.1. The minimum atomic E-state index is -3.42. The molecular formula is C18H27N3O4S. The molecule has 0 spiro atoms. The van der Waals surface area contributed by atoms with E-state index in [9.17, 15) is 18.0 Å². The van der Waals surface area contributed by atoms with Crippen LogP contribution in [0.5, 0.6) is 0 Å². The van der Waals surface area contributed by atoms with E-state index in [2.05, 4.69) is 10.6 Å². The van der Waals surface area contributed by atoms with Gasteiger partial charge in [-0.25, -0.2) is 8.42 Å². The van der Waals surface area contributed by atoms with Crippen molar-refractivity contribution in [1.29, 1.82) is 0 Å². The van der Waals surface area contributed by atoms with Gasteiger partial charge in [-0.3, -0.25) is 9.59 Å².